The van der Waals surface area contributed by atoms with Crippen molar-refractivity contribution >= 4 is 5.69 Å². The summed E-state index contributed by atoms with van der Waals surface area (Å²) in [6.45, 7) is 5.55. The van der Waals surface area contributed by atoms with Gasteiger partial charge >= 0.3 is 0 Å². The van der Waals surface area contributed by atoms with Gasteiger partial charge in [-0.2, -0.15) is 0 Å². The molecular formula is C19H21N. The van der Waals surface area contributed by atoms with E-state index in [1.165, 1.54) is 36.2 Å². The maximum atomic E-state index is 2.61. The average molecular weight is 263 g/mol. The van der Waals surface area contributed by atoms with Gasteiger partial charge < -0.3 is 4.90 Å². The molecule has 1 aliphatic heterocycles. The molecule has 1 saturated heterocycles. The third-order valence-electron chi connectivity index (χ3n) is 5.01. The van der Waals surface area contributed by atoms with E-state index >= 15 is 0 Å². The van der Waals surface area contributed by atoms with Crippen molar-refractivity contribution in [2.24, 2.45) is 0 Å². The Bertz CT molecular complexity index is 641. The second-order valence-electron chi connectivity index (χ2n) is 6.40. The molecule has 1 heteroatoms. The second kappa shape index (κ2) is 4.37. The summed E-state index contributed by atoms with van der Waals surface area (Å²) in [7, 11) is 0. The molecule has 2 aromatic carbocycles. The molecule has 1 heterocycles. The van der Waals surface area contributed by atoms with Gasteiger partial charge in [-0.3, -0.25) is 0 Å². The van der Waals surface area contributed by atoms with Crippen molar-refractivity contribution in [2.45, 2.75) is 38.6 Å². The molecular weight excluding hydrogens is 242 g/mol. The molecule has 0 radical (unpaired) electrons. The van der Waals surface area contributed by atoms with Crippen LogP contribution in [-0.4, -0.2) is 6.54 Å². The Morgan fingerprint density at radius 3 is 2.45 bits per heavy atom. The van der Waals surface area contributed by atoms with Crippen LogP contribution in [0.15, 0.2) is 42.5 Å². The first kappa shape index (κ1) is 12.0. The number of nitrogens with zero attached hydrogens (tertiary/aromatic N) is 1. The van der Waals surface area contributed by atoms with E-state index in [0.717, 1.165) is 5.92 Å². The first-order chi connectivity index (χ1) is 9.72. The van der Waals surface area contributed by atoms with E-state index in [0.29, 0.717) is 6.04 Å². The van der Waals surface area contributed by atoms with E-state index < -0.39 is 0 Å². The standard InChI is InChI=1S/C19H21N/c1-13-3-6-16(7-4-13)20-10-9-15-12-19(20)18-11-14(2)5-8-17(15)18/h3-8,11,15,19H,9-10,12H2,1-2H3. The molecule has 0 saturated carbocycles. The normalized spacial score (nSPS) is 23.8. The van der Waals surface area contributed by atoms with E-state index in [-0.39, 0.29) is 0 Å². The van der Waals surface area contributed by atoms with Crippen LogP contribution in [0.25, 0.3) is 0 Å². The number of hydrogen-bond donors (Lipinski definition) is 0. The number of piperidine rings is 1. The number of aryl methyl sites for hydroxylation is 2. The van der Waals surface area contributed by atoms with Crippen LogP contribution < -0.4 is 4.90 Å². The van der Waals surface area contributed by atoms with Crippen molar-refractivity contribution in [2.75, 3.05) is 11.4 Å². The molecule has 2 unspecified atom stereocenters. The molecule has 0 N–H and O–H groups in total. The lowest BCUT2D eigenvalue weighted by Gasteiger charge is -2.36. The molecule has 2 atom stereocenters. The van der Waals surface area contributed by atoms with Crippen LogP contribution in [0.5, 0.6) is 0 Å². The Labute approximate surface area is 121 Å². The average Bonchev–Trinajstić information content (AvgIpc) is 2.73. The second-order valence-corrected chi connectivity index (χ2v) is 6.40. The molecule has 4 rings (SSSR count). The zero-order valence-corrected chi connectivity index (χ0v) is 12.3. The molecule has 1 aliphatic carbocycles. The quantitative estimate of drug-likeness (QED) is 0.718. The van der Waals surface area contributed by atoms with E-state index in [1.54, 1.807) is 11.1 Å². The van der Waals surface area contributed by atoms with E-state index in [1.807, 2.05) is 0 Å². The summed E-state index contributed by atoms with van der Waals surface area (Å²) in [5.74, 6) is 0.789. The highest BCUT2D eigenvalue weighted by molar-refractivity contribution is 5.55. The lowest BCUT2D eigenvalue weighted by atomic mass is 9.95. The molecule has 2 aliphatic rings. The van der Waals surface area contributed by atoms with Crippen LogP contribution in [0.4, 0.5) is 5.69 Å². The molecule has 102 valence electrons. The van der Waals surface area contributed by atoms with Gasteiger partial charge in [0.1, 0.15) is 0 Å². The number of benzene rings is 2. The molecule has 0 aromatic heterocycles. The van der Waals surface area contributed by atoms with Crippen molar-refractivity contribution in [1.82, 2.24) is 0 Å². The third kappa shape index (κ3) is 1.76. The SMILES string of the molecule is Cc1ccc(N2CCC3CC2c2cc(C)ccc23)cc1. The third-order valence-corrected chi connectivity index (χ3v) is 5.01. The van der Waals surface area contributed by atoms with E-state index in [2.05, 4.69) is 61.2 Å². The monoisotopic (exact) mass is 263 g/mol. The minimum Gasteiger partial charge on any atom is -0.364 e. The maximum Gasteiger partial charge on any atom is 0.0551 e. The fraction of sp³-hybridized carbons (Fsp3) is 0.368. The van der Waals surface area contributed by atoms with Crippen LogP contribution in [0.2, 0.25) is 0 Å². The number of anilines is 1. The van der Waals surface area contributed by atoms with Gasteiger partial charge in [-0.05, 0) is 55.9 Å². The van der Waals surface area contributed by atoms with Crippen LogP contribution in [0.1, 0.15) is 47.1 Å². The van der Waals surface area contributed by atoms with E-state index in [9.17, 15) is 0 Å². The molecule has 1 fully saturated rings. The van der Waals surface area contributed by atoms with Gasteiger partial charge in [0.05, 0.1) is 6.04 Å². The van der Waals surface area contributed by atoms with Crippen LogP contribution in [0.3, 0.4) is 0 Å². The summed E-state index contributed by atoms with van der Waals surface area (Å²) < 4.78 is 0. The summed E-state index contributed by atoms with van der Waals surface area (Å²) in [6.07, 6.45) is 2.59. The van der Waals surface area contributed by atoms with Crippen molar-refractivity contribution in [3.63, 3.8) is 0 Å². The number of fused-ring (bicyclic) bond motifs is 5. The Morgan fingerprint density at radius 1 is 0.900 bits per heavy atom. The summed E-state index contributed by atoms with van der Waals surface area (Å²) in [6, 6.07) is 16.7. The lowest BCUT2D eigenvalue weighted by Crippen LogP contribution is -2.32. The van der Waals surface area contributed by atoms with Crippen LogP contribution in [-0.2, 0) is 0 Å². The van der Waals surface area contributed by atoms with Crippen molar-refractivity contribution in [3.05, 3.63) is 64.7 Å². The predicted octanol–water partition coefficient (Wildman–Crippen LogP) is 4.74. The molecule has 0 spiro atoms. The molecule has 2 aromatic rings. The number of hydrogen-bond acceptors (Lipinski definition) is 1. The van der Waals surface area contributed by atoms with Gasteiger partial charge in [-0.15, -0.1) is 0 Å². The fourth-order valence-corrected chi connectivity index (χ4v) is 3.94. The van der Waals surface area contributed by atoms with Gasteiger partial charge in [0.15, 0.2) is 0 Å². The zero-order valence-electron chi connectivity index (χ0n) is 12.3. The molecule has 2 bridgehead atoms. The summed E-state index contributed by atoms with van der Waals surface area (Å²) in [5, 5.41) is 0. The summed E-state index contributed by atoms with van der Waals surface area (Å²) >= 11 is 0. The minimum atomic E-state index is 0.589. The van der Waals surface area contributed by atoms with Gasteiger partial charge in [0, 0.05) is 12.2 Å². The maximum absolute atomic E-state index is 2.61. The van der Waals surface area contributed by atoms with Crippen molar-refractivity contribution in [3.8, 4) is 0 Å². The van der Waals surface area contributed by atoms with Crippen LogP contribution >= 0.6 is 0 Å². The summed E-state index contributed by atoms with van der Waals surface area (Å²) in [4.78, 5) is 2.61. The largest absolute Gasteiger partial charge is 0.364 e. The Kier molecular flexibility index (Phi) is 2.63. The zero-order chi connectivity index (χ0) is 13.7. The predicted molar refractivity (Wildman–Crippen MR) is 84.4 cm³/mol. The number of rotatable bonds is 1. The highest BCUT2D eigenvalue weighted by atomic mass is 15.2. The van der Waals surface area contributed by atoms with Crippen LogP contribution in [0, 0.1) is 13.8 Å². The molecule has 0 amide bonds. The smallest absolute Gasteiger partial charge is 0.0551 e. The Balaban J connectivity index is 1.76. The topological polar surface area (TPSA) is 3.24 Å². The minimum absolute atomic E-state index is 0.589. The van der Waals surface area contributed by atoms with Crippen molar-refractivity contribution < 1.29 is 0 Å². The van der Waals surface area contributed by atoms with Gasteiger partial charge in [0.25, 0.3) is 0 Å². The highest BCUT2D eigenvalue weighted by Crippen LogP contribution is 2.50. The van der Waals surface area contributed by atoms with E-state index in [4.69, 9.17) is 0 Å². The first-order valence-electron chi connectivity index (χ1n) is 7.66. The first-order valence-corrected chi connectivity index (χ1v) is 7.66. The summed E-state index contributed by atoms with van der Waals surface area (Å²) in [5.41, 5.74) is 7.29. The van der Waals surface area contributed by atoms with Gasteiger partial charge in [-0.1, -0.05) is 41.5 Å². The Hall–Kier alpha value is -1.76. The van der Waals surface area contributed by atoms with Gasteiger partial charge in [-0.25, -0.2) is 0 Å². The van der Waals surface area contributed by atoms with Gasteiger partial charge in [0.2, 0.25) is 0 Å². The molecule has 20 heavy (non-hydrogen) atoms. The fourth-order valence-electron chi connectivity index (χ4n) is 3.94. The highest BCUT2D eigenvalue weighted by Gasteiger charge is 2.38. The Morgan fingerprint density at radius 2 is 1.65 bits per heavy atom. The molecule has 1 nitrogen and oxygen atoms in total. The van der Waals surface area contributed by atoms with Crippen molar-refractivity contribution in [1.29, 1.82) is 0 Å². The lowest BCUT2D eigenvalue weighted by molar-refractivity contribution is 0.465.